The Morgan fingerprint density at radius 3 is 1.43 bits per heavy atom. The Labute approximate surface area is 170 Å². The highest BCUT2D eigenvalue weighted by molar-refractivity contribution is 5.27. The summed E-state index contributed by atoms with van der Waals surface area (Å²) in [6.07, 6.45) is 9.09. The van der Waals surface area contributed by atoms with Gasteiger partial charge in [-0.15, -0.1) is 0 Å². The Bertz CT molecular complexity index is 851. The highest BCUT2D eigenvalue weighted by Gasteiger charge is 2.09. The van der Waals surface area contributed by atoms with Gasteiger partial charge in [-0.2, -0.15) is 0 Å². The van der Waals surface area contributed by atoms with Gasteiger partial charge >= 0.3 is 0 Å². The monoisotopic (exact) mass is 374 g/mol. The molecule has 0 saturated heterocycles. The van der Waals surface area contributed by atoms with Gasteiger partial charge in [-0.3, -0.25) is 0 Å². The first kappa shape index (κ1) is 20.3. The van der Waals surface area contributed by atoms with E-state index in [0.29, 0.717) is 0 Å². The maximum Gasteiger partial charge on any atom is 0.178 e. The molecule has 0 spiro atoms. The second-order valence-electron chi connectivity index (χ2n) is 8.05. The fourth-order valence-electron chi connectivity index (χ4n) is 4.00. The van der Waals surface area contributed by atoms with Crippen molar-refractivity contribution in [3.63, 3.8) is 0 Å². The summed E-state index contributed by atoms with van der Waals surface area (Å²) in [5, 5.41) is 0. The van der Waals surface area contributed by atoms with Crippen LogP contribution in [-0.2, 0) is 25.9 Å². The molecule has 0 fully saturated rings. The van der Waals surface area contributed by atoms with E-state index in [1.54, 1.807) is 0 Å². The van der Waals surface area contributed by atoms with Crippen LogP contribution in [0.15, 0.2) is 60.9 Å². The van der Waals surface area contributed by atoms with Crippen LogP contribution in [0.4, 0.5) is 0 Å². The largest absolute Gasteiger partial charge is 0.203 e. The second-order valence-corrected chi connectivity index (χ2v) is 8.05. The Kier molecular flexibility index (Phi) is 6.97. The molecular weight excluding hydrogens is 340 g/mol. The van der Waals surface area contributed by atoms with Crippen LogP contribution in [0.25, 0.3) is 0 Å². The fourth-order valence-corrected chi connectivity index (χ4v) is 4.00. The van der Waals surface area contributed by atoms with Crippen molar-refractivity contribution in [1.29, 1.82) is 0 Å². The number of pyridine rings is 2. The molecule has 0 aliphatic rings. The van der Waals surface area contributed by atoms with Gasteiger partial charge in [-0.25, -0.2) is 9.13 Å². The van der Waals surface area contributed by atoms with Crippen LogP contribution < -0.4 is 9.13 Å². The lowest BCUT2D eigenvalue weighted by molar-refractivity contribution is -0.703. The van der Waals surface area contributed by atoms with Crippen molar-refractivity contribution in [2.75, 3.05) is 0 Å². The van der Waals surface area contributed by atoms with Gasteiger partial charge in [0.1, 0.15) is 13.1 Å². The summed E-state index contributed by atoms with van der Waals surface area (Å²) < 4.78 is 4.73. The maximum absolute atomic E-state index is 2.37. The summed E-state index contributed by atoms with van der Waals surface area (Å²) in [5.74, 6) is 0. The van der Waals surface area contributed by atoms with Gasteiger partial charge in [-0.05, 0) is 48.9 Å². The molecule has 2 nitrogen and oxygen atoms in total. The van der Waals surface area contributed by atoms with Crippen molar-refractivity contribution < 1.29 is 9.13 Å². The average molecular weight is 375 g/mol. The third kappa shape index (κ3) is 5.51. The zero-order valence-corrected chi connectivity index (χ0v) is 17.9. The Hall–Kier alpha value is -2.48. The van der Waals surface area contributed by atoms with Gasteiger partial charge in [-0.1, -0.05) is 24.3 Å². The number of rotatable bonds is 8. The molecule has 0 amide bonds. The zero-order chi connectivity index (χ0) is 19.9. The lowest BCUT2D eigenvalue weighted by atomic mass is 9.99. The predicted molar refractivity (Wildman–Crippen MR) is 115 cm³/mol. The number of aryl methyl sites for hydroxylation is 8. The molecule has 3 aromatic rings. The van der Waals surface area contributed by atoms with Crippen LogP contribution in [0.3, 0.4) is 0 Å². The van der Waals surface area contributed by atoms with E-state index >= 15 is 0 Å². The second kappa shape index (κ2) is 9.64. The predicted octanol–water partition coefficient (Wildman–Crippen LogP) is 4.76. The molecule has 2 heterocycles. The molecule has 0 aliphatic carbocycles. The minimum atomic E-state index is 1.08. The number of nitrogens with zero attached hydrogens (tertiary/aromatic N) is 2. The summed E-state index contributed by atoms with van der Waals surface area (Å²) >= 11 is 0. The molecule has 3 rings (SSSR count). The van der Waals surface area contributed by atoms with Gasteiger partial charge in [0.15, 0.2) is 23.8 Å². The summed E-state index contributed by atoms with van der Waals surface area (Å²) in [7, 11) is 0. The molecule has 0 aliphatic heterocycles. The third-order valence-corrected chi connectivity index (χ3v) is 5.62. The molecule has 0 saturated carbocycles. The highest BCUT2D eigenvalue weighted by Crippen LogP contribution is 2.14. The number of hydrogen-bond donors (Lipinski definition) is 0. The van der Waals surface area contributed by atoms with Crippen LogP contribution in [0.5, 0.6) is 0 Å². The molecule has 2 aromatic heterocycles. The Balaban J connectivity index is 1.55. The summed E-state index contributed by atoms with van der Waals surface area (Å²) in [6.45, 7) is 10.9. The van der Waals surface area contributed by atoms with Crippen molar-refractivity contribution in [3.8, 4) is 0 Å². The van der Waals surface area contributed by atoms with E-state index in [2.05, 4.69) is 97.8 Å². The van der Waals surface area contributed by atoms with E-state index in [-0.39, 0.29) is 0 Å². The molecule has 0 N–H and O–H groups in total. The molecule has 2 heteroatoms. The molecule has 0 radical (unpaired) electrons. The third-order valence-electron chi connectivity index (χ3n) is 5.62. The standard InChI is InChI=1S/C26H34N2/c1-21-13-17-27(23(3)19-21)15-7-11-25-9-5-6-10-26(25)12-8-16-28-18-14-22(2)20-24(28)4/h5-6,9-10,13-14,17-20H,7-8,11-12,15-16H2,1-4H3/q+2. The van der Waals surface area contributed by atoms with Gasteiger partial charge in [0.05, 0.1) is 0 Å². The van der Waals surface area contributed by atoms with Crippen molar-refractivity contribution in [3.05, 3.63) is 94.6 Å². The van der Waals surface area contributed by atoms with Gasteiger partial charge in [0, 0.05) is 51.0 Å². The Morgan fingerprint density at radius 1 is 0.607 bits per heavy atom. The number of benzene rings is 1. The topological polar surface area (TPSA) is 7.76 Å². The molecule has 146 valence electrons. The van der Waals surface area contributed by atoms with Crippen LogP contribution >= 0.6 is 0 Å². The number of hydrogen-bond acceptors (Lipinski definition) is 0. The Morgan fingerprint density at radius 2 is 1.04 bits per heavy atom. The molecule has 0 unspecified atom stereocenters. The quantitative estimate of drug-likeness (QED) is 0.502. The molecule has 0 atom stereocenters. The molecule has 0 bridgehead atoms. The van der Waals surface area contributed by atoms with Crippen LogP contribution in [0.2, 0.25) is 0 Å². The highest BCUT2D eigenvalue weighted by atomic mass is 14.9. The van der Waals surface area contributed by atoms with E-state index in [0.717, 1.165) is 25.9 Å². The fraction of sp³-hybridized carbons (Fsp3) is 0.385. The van der Waals surface area contributed by atoms with Crippen molar-refractivity contribution >= 4 is 0 Å². The number of aromatic nitrogens is 2. The van der Waals surface area contributed by atoms with Crippen molar-refractivity contribution in [1.82, 2.24) is 0 Å². The van der Waals surface area contributed by atoms with E-state index < -0.39 is 0 Å². The average Bonchev–Trinajstić information content (AvgIpc) is 2.66. The molecule has 28 heavy (non-hydrogen) atoms. The lowest BCUT2D eigenvalue weighted by Gasteiger charge is -2.09. The van der Waals surface area contributed by atoms with E-state index in [1.807, 2.05) is 0 Å². The van der Waals surface area contributed by atoms with E-state index in [1.165, 1.54) is 46.5 Å². The molecular formula is C26H34N2+2. The molecule has 1 aromatic carbocycles. The van der Waals surface area contributed by atoms with E-state index in [4.69, 9.17) is 0 Å². The van der Waals surface area contributed by atoms with Crippen molar-refractivity contribution in [2.45, 2.75) is 66.5 Å². The zero-order valence-electron chi connectivity index (χ0n) is 17.9. The normalized spacial score (nSPS) is 11.0. The maximum atomic E-state index is 2.37. The van der Waals surface area contributed by atoms with E-state index in [9.17, 15) is 0 Å². The van der Waals surface area contributed by atoms with Gasteiger partial charge < -0.3 is 0 Å². The smallest absolute Gasteiger partial charge is 0.178 e. The SMILES string of the molecule is Cc1cc[n+](CCCc2ccccc2CCC[n+]2ccc(C)cc2C)c(C)c1. The minimum Gasteiger partial charge on any atom is -0.203 e. The van der Waals surface area contributed by atoms with Gasteiger partial charge in [0.25, 0.3) is 0 Å². The summed E-state index contributed by atoms with van der Waals surface area (Å²) in [4.78, 5) is 0. The van der Waals surface area contributed by atoms with Crippen LogP contribution in [0, 0.1) is 27.7 Å². The van der Waals surface area contributed by atoms with Gasteiger partial charge in [0.2, 0.25) is 0 Å². The summed E-state index contributed by atoms with van der Waals surface area (Å²) in [5.41, 5.74) is 8.39. The first-order valence-corrected chi connectivity index (χ1v) is 10.5. The lowest BCUT2D eigenvalue weighted by Crippen LogP contribution is -2.37. The minimum absolute atomic E-state index is 1.08. The summed E-state index contributed by atoms with van der Waals surface area (Å²) in [6, 6.07) is 17.9. The van der Waals surface area contributed by atoms with Crippen LogP contribution in [-0.4, -0.2) is 0 Å². The first-order chi connectivity index (χ1) is 13.5. The van der Waals surface area contributed by atoms with Crippen molar-refractivity contribution in [2.24, 2.45) is 0 Å². The van der Waals surface area contributed by atoms with Crippen LogP contribution in [0.1, 0.15) is 46.5 Å². The first-order valence-electron chi connectivity index (χ1n) is 10.5.